The summed E-state index contributed by atoms with van der Waals surface area (Å²) in [7, 11) is 0. The van der Waals surface area contributed by atoms with E-state index in [9.17, 15) is 9.18 Å². The van der Waals surface area contributed by atoms with Gasteiger partial charge in [-0.05, 0) is 48.5 Å². The van der Waals surface area contributed by atoms with E-state index in [-0.39, 0.29) is 31.9 Å². The average molecular weight is 381 g/mol. The quantitative estimate of drug-likeness (QED) is 0.436. The molecule has 1 aromatic heterocycles. The fraction of sp³-hybridized carbons (Fsp3) is 0.200. The molecular weight excluding hydrogens is 365 g/mol. The average Bonchev–Trinajstić information content (AvgIpc) is 3.20. The van der Waals surface area contributed by atoms with Crippen LogP contribution in [0.1, 0.15) is 17.9 Å². The predicted octanol–water partition coefficient (Wildman–Crippen LogP) is 3.30. The Labute approximate surface area is 160 Å². The summed E-state index contributed by atoms with van der Waals surface area (Å²) >= 11 is 0. The van der Waals surface area contributed by atoms with Gasteiger partial charge in [-0.1, -0.05) is 5.16 Å². The molecule has 0 fully saturated rings. The smallest absolute Gasteiger partial charge is 0.306 e. The Kier molecular flexibility index (Phi) is 6.31. The van der Waals surface area contributed by atoms with Crippen molar-refractivity contribution in [1.29, 1.82) is 5.26 Å². The van der Waals surface area contributed by atoms with Gasteiger partial charge in [0.15, 0.2) is 0 Å². The lowest BCUT2D eigenvalue weighted by molar-refractivity contribution is -0.144. The molecule has 0 bridgehead atoms. The van der Waals surface area contributed by atoms with Gasteiger partial charge in [-0.25, -0.2) is 4.39 Å². The SMILES string of the molecule is N#Cc1ccc(OCCOC(=O)CCc2nc(-c3ccc(F)cc3)no2)cc1. The summed E-state index contributed by atoms with van der Waals surface area (Å²) in [6.45, 7) is 0.302. The highest BCUT2D eigenvalue weighted by Crippen LogP contribution is 2.16. The van der Waals surface area contributed by atoms with Gasteiger partial charge in [-0.2, -0.15) is 10.2 Å². The lowest BCUT2D eigenvalue weighted by Crippen LogP contribution is -2.12. The maximum Gasteiger partial charge on any atom is 0.306 e. The third kappa shape index (κ3) is 5.38. The van der Waals surface area contributed by atoms with E-state index in [1.165, 1.54) is 12.1 Å². The topological polar surface area (TPSA) is 98.2 Å². The van der Waals surface area contributed by atoms with Gasteiger partial charge in [-0.3, -0.25) is 4.79 Å². The first-order valence-electron chi connectivity index (χ1n) is 8.51. The number of nitriles is 1. The van der Waals surface area contributed by atoms with Crippen LogP contribution >= 0.6 is 0 Å². The molecule has 0 amide bonds. The molecule has 0 N–H and O–H groups in total. The zero-order valence-electron chi connectivity index (χ0n) is 14.8. The van der Waals surface area contributed by atoms with Crippen LogP contribution in [-0.4, -0.2) is 29.3 Å². The van der Waals surface area contributed by atoms with E-state index in [2.05, 4.69) is 10.1 Å². The molecular formula is C20H16FN3O4. The van der Waals surface area contributed by atoms with E-state index in [0.29, 0.717) is 28.6 Å². The maximum absolute atomic E-state index is 12.9. The highest BCUT2D eigenvalue weighted by Gasteiger charge is 2.11. The molecule has 0 spiro atoms. The van der Waals surface area contributed by atoms with Crippen LogP contribution in [0.4, 0.5) is 4.39 Å². The number of carbonyl (C=O) groups excluding carboxylic acids is 1. The lowest BCUT2D eigenvalue weighted by Gasteiger charge is -2.07. The van der Waals surface area contributed by atoms with Gasteiger partial charge < -0.3 is 14.0 Å². The van der Waals surface area contributed by atoms with E-state index < -0.39 is 5.97 Å². The van der Waals surface area contributed by atoms with Gasteiger partial charge in [-0.15, -0.1) is 0 Å². The summed E-state index contributed by atoms with van der Waals surface area (Å²) < 4.78 is 28.5. The van der Waals surface area contributed by atoms with E-state index in [0.717, 1.165) is 0 Å². The fourth-order valence-corrected chi connectivity index (χ4v) is 2.29. The summed E-state index contributed by atoms with van der Waals surface area (Å²) in [4.78, 5) is 16.0. The van der Waals surface area contributed by atoms with Gasteiger partial charge in [0.25, 0.3) is 0 Å². The van der Waals surface area contributed by atoms with E-state index in [1.54, 1.807) is 36.4 Å². The highest BCUT2D eigenvalue weighted by molar-refractivity contribution is 5.69. The number of hydrogen-bond donors (Lipinski definition) is 0. The van der Waals surface area contributed by atoms with Gasteiger partial charge in [0.1, 0.15) is 24.8 Å². The summed E-state index contributed by atoms with van der Waals surface area (Å²) in [5.41, 5.74) is 1.17. The van der Waals surface area contributed by atoms with Crippen LogP contribution in [-0.2, 0) is 16.0 Å². The molecule has 0 aliphatic rings. The standard InChI is InChI=1S/C20H16FN3O4/c21-16-5-3-15(4-6-16)20-23-18(28-24-20)9-10-19(25)27-12-11-26-17-7-1-14(13-22)2-8-17/h1-8H,9-12H2. The minimum Gasteiger partial charge on any atom is -0.490 e. The first-order chi connectivity index (χ1) is 13.6. The second-order valence-electron chi connectivity index (χ2n) is 5.72. The van der Waals surface area contributed by atoms with E-state index >= 15 is 0 Å². The lowest BCUT2D eigenvalue weighted by atomic mass is 10.2. The van der Waals surface area contributed by atoms with Crippen molar-refractivity contribution in [2.75, 3.05) is 13.2 Å². The number of benzene rings is 2. The molecule has 0 saturated heterocycles. The third-order valence-electron chi connectivity index (χ3n) is 3.71. The van der Waals surface area contributed by atoms with Crippen LogP contribution in [0.5, 0.6) is 5.75 Å². The Bertz CT molecular complexity index is 962. The minimum absolute atomic E-state index is 0.0852. The Morgan fingerprint density at radius 1 is 1.11 bits per heavy atom. The van der Waals surface area contributed by atoms with Gasteiger partial charge in [0.05, 0.1) is 18.1 Å². The maximum atomic E-state index is 12.9. The van der Waals surface area contributed by atoms with Gasteiger partial charge in [0.2, 0.25) is 11.7 Å². The molecule has 3 rings (SSSR count). The van der Waals surface area contributed by atoms with Crippen molar-refractivity contribution in [3.63, 3.8) is 0 Å². The van der Waals surface area contributed by atoms with Crippen molar-refractivity contribution in [3.05, 3.63) is 65.8 Å². The first kappa shape index (κ1) is 19.0. The normalized spacial score (nSPS) is 10.3. The molecule has 0 atom stereocenters. The zero-order valence-corrected chi connectivity index (χ0v) is 14.8. The Balaban J connectivity index is 1.37. The van der Waals surface area contributed by atoms with Crippen LogP contribution in [0.25, 0.3) is 11.4 Å². The van der Waals surface area contributed by atoms with Crippen molar-refractivity contribution in [2.45, 2.75) is 12.8 Å². The molecule has 7 nitrogen and oxygen atoms in total. The number of ether oxygens (including phenoxy) is 2. The van der Waals surface area contributed by atoms with Gasteiger partial charge >= 0.3 is 5.97 Å². The van der Waals surface area contributed by atoms with Gasteiger partial charge in [0, 0.05) is 12.0 Å². The zero-order chi connectivity index (χ0) is 19.8. The number of carbonyl (C=O) groups is 1. The molecule has 0 saturated carbocycles. The number of hydrogen-bond acceptors (Lipinski definition) is 7. The molecule has 28 heavy (non-hydrogen) atoms. The number of esters is 1. The second-order valence-corrected chi connectivity index (χ2v) is 5.72. The van der Waals surface area contributed by atoms with E-state index in [4.69, 9.17) is 19.3 Å². The molecule has 2 aromatic carbocycles. The van der Waals surface area contributed by atoms with Crippen LogP contribution in [0.3, 0.4) is 0 Å². The van der Waals surface area contributed by atoms with Crippen molar-refractivity contribution < 1.29 is 23.2 Å². The Morgan fingerprint density at radius 3 is 2.57 bits per heavy atom. The Morgan fingerprint density at radius 2 is 1.86 bits per heavy atom. The first-order valence-corrected chi connectivity index (χ1v) is 8.51. The number of nitrogens with zero attached hydrogens (tertiary/aromatic N) is 3. The molecule has 1 heterocycles. The number of halogens is 1. The Hall–Kier alpha value is -3.73. The minimum atomic E-state index is -0.412. The molecule has 0 aliphatic carbocycles. The van der Waals surface area contributed by atoms with Crippen molar-refractivity contribution >= 4 is 5.97 Å². The van der Waals surface area contributed by atoms with Crippen molar-refractivity contribution in [3.8, 4) is 23.2 Å². The highest BCUT2D eigenvalue weighted by atomic mass is 19.1. The summed E-state index contributed by atoms with van der Waals surface area (Å²) in [5, 5.41) is 12.5. The molecule has 0 radical (unpaired) electrons. The third-order valence-corrected chi connectivity index (χ3v) is 3.71. The van der Waals surface area contributed by atoms with Crippen LogP contribution in [0, 0.1) is 17.1 Å². The van der Waals surface area contributed by atoms with Crippen molar-refractivity contribution in [1.82, 2.24) is 10.1 Å². The van der Waals surface area contributed by atoms with Crippen LogP contribution in [0.15, 0.2) is 53.1 Å². The number of aryl methyl sites for hydroxylation is 1. The number of rotatable bonds is 8. The fourth-order valence-electron chi connectivity index (χ4n) is 2.29. The van der Waals surface area contributed by atoms with E-state index in [1.807, 2.05) is 6.07 Å². The molecule has 142 valence electrons. The molecule has 8 heteroatoms. The summed E-state index contributed by atoms with van der Waals surface area (Å²) in [6.07, 6.45) is 0.325. The predicted molar refractivity (Wildman–Crippen MR) is 95.6 cm³/mol. The molecule has 0 aliphatic heterocycles. The van der Waals surface area contributed by atoms with Crippen LogP contribution < -0.4 is 4.74 Å². The monoisotopic (exact) mass is 381 g/mol. The number of aromatic nitrogens is 2. The second kappa shape index (κ2) is 9.28. The summed E-state index contributed by atoms with van der Waals surface area (Å²) in [5.74, 6) is 0.460. The molecule has 3 aromatic rings. The van der Waals surface area contributed by atoms with Crippen molar-refractivity contribution in [2.24, 2.45) is 0 Å². The summed E-state index contributed by atoms with van der Waals surface area (Å²) in [6, 6.07) is 14.4. The largest absolute Gasteiger partial charge is 0.490 e. The van der Waals surface area contributed by atoms with Crippen LogP contribution in [0.2, 0.25) is 0 Å². The molecule has 0 unspecified atom stereocenters.